The highest BCUT2D eigenvalue weighted by Gasteiger charge is 2.01. The summed E-state index contributed by atoms with van der Waals surface area (Å²) in [6, 6.07) is 7.79. The molecule has 0 unspecified atom stereocenters. The Morgan fingerprint density at radius 2 is 2.24 bits per heavy atom. The van der Waals surface area contributed by atoms with Gasteiger partial charge < -0.3 is 10.4 Å². The Morgan fingerprint density at radius 1 is 1.41 bits per heavy atom. The maximum Gasteiger partial charge on any atom is 0.101 e. The van der Waals surface area contributed by atoms with Crippen LogP contribution in [0.5, 0.6) is 0 Å². The quantitative estimate of drug-likeness (QED) is 0.760. The molecule has 0 radical (unpaired) electrons. The van der Waals surface area contributed by atoms with Crippen LogP contribution in [-0.4, -0.2) is 29.8 Å². The fourth-order valence-corrected chi connectivity index (χ4v) is 2.43. The summed E-state index contributed by atoms with van der Waals surface area (Å²) in [6.07, 6.45) is 0.840. The Bertz CT molecular complexity index is 393. The molecule has 0 spiro atoms. The van der Waals surface area contributed by atoms with Gasteiger partial charge in [-0.05, 0) is 30.4 Å². The van der Waals surface area contributed by atoms with Crippen LogP contribution in [0.25, 0.3) is 0 Å². The highest BCUT2D eigenvalue weighted by molar-refractivity contribution is 9.10. The first-order valence-electron chi connectivity index (χ1n) is 5.40. The highest BCUT2D eigenvalue weighted by atomic mass is 79.9. The molecule has 1 aromatic carbocycles. The van der Waals surface area contributed by atoms with E-state index in [0.717, 1.165) is 34.6 Å². The van der Waals surface area contributed by atoms with Crippen LogP contribution in [0.15, 0.2) is 22.7 Å². The number of nitriles is 1. The van der Waals surface area contributed by atoms with Crippen molar-refractivity contribution >= 4 is 33.4 Å². The summed E-state index contributed by atoms with van der Waals surface area (Å²) < 4.78 is 0.914. The molecule has 1 rings (SSSR count). The van der Waals surface area contributed by atoms with E-state index in [9.17, 15) is 0 Å². The molecule has 0 aliphatic rings. The van der Waals surface area contributed by atoms with Gasteiger partial charge in [-0.3, -0.25) is 0 Å². The zero-order chi connectivity index (χ0) is 12.5. The molecule has 0 fully saturated rings. The standard InChI is InChI=1S/C12H15BrN2OS/c13-11-2-3-12(10(8-11)9-14)15-4-7-17-6-1-5-16/h2-3,8,15-16H,1,4-7H2. The number of benzene rings is 1. The fraction of sp³-hybridized carbons (Fsp3) is 0.417. The molecule has 0 saturated carbocycles. The number of aliphatic hydroxyl groups excluding tert-OH is 1. The van der Waals surface area contributed by atoms with Gasteiger partial charge in [-0.1, -0.05) is 15.9 Å². The third-order valence-electron chi connectivity index (χ3n) is 2.11. The number of rotatable bonds is 7. The van der Waals surface area contributed by atoms with Crippen molar-refractivity contribution in [3.05, 3.63) is 28.2 Å². The topological polar surface area (TPSA) is 56.0 Å². The summed E-state index contributed by atoms with van der Waals surface area (Å²) in [6.45, 7) is 1.08. The first-order valence-corrected chi connectivity index (χ1v) is 7.35. The summed E-state index contributed by atoms with van der Waals surface area (Å²) in [5.74, 6) is 1.95. The largest absolute Gasteiger partial charge is 0.396 e. The van der Waals surface area contributed by atoms with Crippen molar-refractivity contribution in [1.29, 1.82) is 5.26 Å². The summed E-state index contributed by atoms with van der Waals surface area (Å²) in [5, 5.41) is 20.8. The Hall–Kier alpha value is -0.700. The average molecular weight is 315 g/mol. The second-order valence-electron chi connectivity index (χ2n) is 3.42. The van der Waals surface area contributed by atoms with Crippen LogP contribution in [0.2, 0.25) is 0 Å². The Kier molecular flexibility index (Phi) is 7.10. The predicted molar refractivity (Wildman–Crippen MR) is 76.4 cm³/mol. The molecule has 3 nitrogen and oxygen atoms in total. The number of anilines is 1. The molecule has 0 atom stereocenters. The van der Waals surface area contributed by atoms with Gasteiger partial charge in [0.05, 0.1) is 11.3 Å². The van der Waals surface area contributed by atoms with E-state index in [4.69, 9.17) is 10.4 Å². The number of hydrogen-bond acceptors (Lipinski definition) is 4. The van der Waals surface area contributed by atoms with Crippen LogP contribution in [0.4, 0.5) is 5.69 Å². The van der Waals surface area contributed by atoms with Crippen molar-refractivity contribution in [2.45, 2.75) is 6.42 Å². The minimum atomic E-state index is 0.256. The average Bonchev–Trinajstić information content (AvgIpc) is 2.35. The van der Waals surface area contributed by atoms with Crippen molar-refractivity contribution in [3.63, 3.8) is 0 Å². The van der Waals surface area contributed by atoms with Gasteiger partial charge in [0.15, 0.2) is 0 Å². The molecule has 2 N–H and O–H groups in total. The first-order chi connectivity index (χ1) is 8.27. The van der Waals surface area contributed by atoms with Gasteiger partial charge in [-0.2, -0.15) is 17.0 Å². The van der Waals surface area contributed by atoms with E-state index < -0.39 is 0 Å². The van der Waals surface area contributed by atoms with Gasteiger partial charge in [0.2, 0.25) is 0 Å². The first kappa shape index (κ1) is 14.4. The molecule has 5 heteroatoms. The third kappa shape index (κ3) is 5.44. The van der Waals surface area contributed by atoms with E-state index in [2.05, 4.69) is 27.3 Å². The van der Waals surface area contributed by atoms with Crippen LogP contribution in [-0.2, 0) is 0 Å². The van der Waals surface area contributed by atoms with Gasteiger partial charge >= 0.3 is 0 Å². The number of nitrogens with zero attached hydrogens (tertiary/aromatic N) is 1. The Morgan fingerprint density at radius 3 is 2.94 bits per heavy atom. The lowest BCUT2D eigenvalue weighted by atomic mass is 10.2. The van der Waals surface area contributed by atoms with E-state index >= 15 is 0 Å². The number of aliphatic hydroxyl groups is 1. The monoisotopic (exact) mass is 314 g/mol. The number of hydrogen-bond donors (Lipinski definition) is 2. The van der Waals surface area contributed by atoms with Crippen molar-refractivity contribution < 1.29 is 5.11 Å². The lowest BCUT2D eigenvalue weighted by Gasteiger charge is -2.08. The second-order valence-corrected chi connectivity index (χ2v) is 5.56. The molecule has 0 aromatic heterocycles. The van der Waals surface area contributed by atoms with E-state index in [-0.39, 0.29) is 6.61 Å². The molecule has 0 amide bonds. The minimum Gasteiger partial charge on any atom is -0.396 e. The Balaban J connectivity index is 2.34. The lowest BCUT2D eigenvalue weighted by Crippen LogP contribution is -2.06. The van der Waals surface area contributed by atoms with Gasteiger partial charge in [0.1, 0.15) is 6.07 Å². The van der Waals surface area contributed by atoms with Crippen molar-refractivity contribution in [1.82, 2.24) is 0 Å². The SMILES string of the molecule is N#Cc1cc(Br)ccc1NCCSCCCO. The number of thioether (sulfide) groups is 1. The maximum absolute atomic E-state index is 8.97. The van der Waals surface area contributed by atoms with Crippen molar-refractivity contribution in [2.24, 2.45) is 0 Å². The molecular formula is C12H15BrN2OS. The lowest BCUT2D eigenvalue weighted by molar-refractivity contribution is 0.296. The van der Waals surface area contributed by atoms with Crippen molar-refractivity contribution in [3.8, 4) is 6.07 Å². The Labute approximate surface area is 114 Å². The molecule has 0 saturated heterocycles. The zero-order valence-electron chi connectivity index (χ0n) is 9.45. The molecule has 0 aliphatic carbocycles. The van der Waals surface area contributed by atoms with Crippen LogP contribution in [0, 0.1) is 11.3 Å². The van der Waals surface area contributed by atoms with Gasteiger partial charge in [0, 0.05) is 23.4 Å². The smallest absolute Gasteiger partial charge is 0.101 e. The summed E-state index contributed by atoms with van der Waals surface area (Å²) >= 11 is 5.14. The molecule has 1 aromatic rings. The number of nitrogens with one attached hydrogen (secondary N) is 1. The third-order valence-corrected chi connectivity index (χ3v) is 3.67. The maximum atomic E-state index is 8.97. The molecule has 17 heavy (non-hydrogen) atoms. The second kappa shape index (κ2) is 8.40. The fourth-order valence-electron chi connectivity index (χ4n) is 1.29. The van der Waals surface area contributed by atoms with Crippen molar-refractivity contribution in [2.75, 3.05) is 30.0 Å². The van der Waals surface area contributed by atoms with E-state index in [0.29, 0.717) is 5.56 Å². The molecule has 0 aliphatic heterocycles. The summed E-state index contributed by atoms with van der Waals surface area (Å²) in [4.78, 5) is 0. The summed E-state index contributed by atoms with van der Waals surface area (Å²) in [5.41, 5.74) is 1.53. The van der Waals surface area contributed by atoms with Crippen LogP contribution < -0.4 is 5.32 Å². The van der Waals surface area contributed by atoms with Gasteiger partial charge in [0.25, 0.3) is 0 Å². The summed E-state index contributed by atoms with van der Waals surface area (Å²) in [7, 11) is 0. The van der Waals surface area contributed by atoms with E-state index in [1.165, 1.54) is 0 Å². The van der Waals surface area contributed by atoms with Crippen LogP contribution >= 0.6 is 27.7 Å². The predicted octanol–water partition coefficient (Wildman–Crippen LogP) is 2.85. The van der Waals surface area contributed by atoms with Crippen LogP contribution in [0.3, 0.4) is 0 Å². The van der Waals surface area contributed by atoms with E-state index in [1.54, 1.807) is 17.8 Å². The van der Waals surface area contributed by atoms with Crippen LogP contribution in [0.1, 0.15) is 12.0 Å². The zero-order valence-corrected chi connectivity index (χ0v) is 11.9. The molecule has 92 valence electrons. The van der Waals surface area contributed by atoms with Gasteiger partial charge in [-0.15, -0.1) is 0 Å². The van der Waals surface area contributed by atoms with E-state index in [1.807, 2.05) is 12.1 Å². The van der Waals surface area contributed by atoms with Gasteiger partial charge in [-0.25, -0.2) is 0 Å². The number of halogens is 1. The minimum absolute atomic E-state index is 0.256. The molecular weight excluding hydrogens is 300 g/mol. The molecule has 0 bridgehead atoms. The normalized spacial score (nSPS) is 9.94. The highest BCUT2D eigenvalue weighted by Crippen LogP contribution is 2.20. The molecule has 0 heterocycles.